The van der Waals surface area contributed by atoms with Crippen molar-refractivity contribution in [1.29, 1.82) is 0 Å². The normalized spacial score (nSPS) is 12.9. The molecule has 0 saturated heterocycles. The molecule has 1 aliphatic rings. The molecule has 0 radical (unpaired) electrons. The van der Waals surface area contributed by atoms with Gasteiger partial charge in [-0.25, -0.2) is 0 Å². The van der Waals surface area contributed by atoms with Crippen LogP contribution in [-0.2, 0) is 11.3 Å². The van der Waals surface area contributed by atoms with Gasteiger partial charge in [0.2, 0.25) is 11.9 Å². The Labute approximate surface area is 159 Å². The Kier molecular flexibility index (Phi) is 4.71. The Morgan fingerprint density at radius 2 is 2.11 bits per heavy atom. The van der Waals surface area contributed by atoms with Crippen molar-refractivity contribution in [3.8, 4) is 5.75 Å². The molecule has 140 valence electrons. The lowest BCUT2D eigenvalue weighted by molar-refractivity contribution is -0.113. The molecule has 1 aromatic carbocycles. The van der Waals surface area contributed by atoms with Gasteiger partial charge in [0.25, 0.3) is 0 Å². The summed E-state index contributed by atoms with van der Waals surface area (Å²) in [6.45, 7) is 3.33. The molecule has 0 bridgehead atoms. The number of amides is 1. The van der Waals surface area contributed by atoms with Gasteiger partial charge in [-0.3, -0.25) is 9.36 Å². The molecule has 3 aromatic rings. The van der Waals surface area contributed by atoms with Crippen LogP contribution in [0.5, 0.6) is 5.75 Å². The number of methoxy groups -OCH3 is 1. The van der Waals surface area contributed by atoms with Gasteiger partial charge in [0.1, 0.15) is 11.5 Å². The van der Waals surface area contributed by atoms with Crippen LogP contribution in [0.2, 0.25) is 0 Å². The SMILES string of the molecule is COc1ccc(N2CCn3c(SCC(=O)Nc4cc(C)on4)nnc32)cc1. The maximum Gasteiger partial charge on any atom is 0.236 e. The van der Waals surface area contributed by atoms with Crippen molar-refractivity contribution < 1.29 is 14.1 Å². The lowest BCUT2D eigenvalue weighted by atomic mass is 10.3. The Balaban J connectivity index is 1.40. The predicted octanol–water partition coefficient (Wildman–Crippen LogP) is 2.47. The highest BCUT2D eigenvalue weighted by atomic mass is 32.2. The number of benzene rings is 1. The summed E-state index contributed by atoms with van der Waals surface area (Å²) in [5, 5.41) is 15.7. The summed E-state index contributed by atoms with van der Waals surface area (Å²) in [7, 11) is 1.64. The molecule has 3 heterocycles. The number of hydrogen-bond acceptors (Lipinski definition) is 8. The number of hydrogen-bond donors (Lipinski definition) is 1. The van der Waals surface area contributed by atoms with Crippen LogP contribution in [-0.4, -0.2) is 45.2 Å². The fraction of sp³-hybridized carbons (Fsp3) is 0.294. The predicted molar refractivity (Wildman–Crippen MR) is 101 cm³/mol. The summed E-state index contributed by atoms with van der Waals surface area (Å²) < 4.78 is 12.2. The number of thioether (sulfide) groups is 1. The van der Waals surface area contributed by atoms with Gasteiger partial charge < -0.3 is 19.5 Å². The van der Waals surface area contributed by atoms with Crippen molar-refractivity contribution >= 4 is 35.1 Å². The molecular formula is C17H18N6O3S. The highest BCUT2D eigenvalue weighted by Gasteiger charge is 2.26. The first-order chi connectivity index (χ1) is 13.1. The van der Waals surface area contributed by atoms with Gasteiger partial charge in [0.15, 0.2) is 11.0 Å². The Bertz CT molecular complexity index is 952. The van der Waals surface area contributed by atoms with Crippen molar-refractivity contribution in [3.63, 3.8) is 0 Å². The number of carbonyl (C=O) groups excluding carboxylic acids is 1. The first kappa shape index (κ1) is 17.4. The average Bonchev–Trinajstić information content (AvgIpc) is 3.37. The van der Waals surface area contributed by atoms with Crippen molar-refractivity contribution in [2.75, 3.05) is 29.6 Å². The highest BCUT2D eigenvalue weighted by molar-refractivity contribution is 7.99. The smallest absolute Gasteiger partial charge is 0.236 e. The minimum absolute atomic E-state index is 0.171. The third kappa shape index (κ3) is 3.61. The van der Waals surface area contributed by atoms with Crippen LogP contribution in [0.15, 0.2) is 40.0 Å². The van der Waals surface area contributed by atoms with Crippen molar-refractivity contribution in [2.24, 2.45) is 0 Å². The van der Waals surface area contributed by atoms with E-state index < -0.39 is 0 Å². The van der Waals surface area contributed by atoms with E-state index in [1.54, 1.807) is 20.1 Å². The molecule has 0 fully saturated rings. The fourth-order valence-electron chi connectivity index (χ4n) is 2.82. The second-order valence-electron chi connectivity index (χ2n) is 5.94. The van der Waals surface area contributed by atoms with E-state index in [1.165, 1.54) is 11.8 Å². The van der Waals surface area contributed by atoms with Gasteiger partial charge in [0, 0.05) is 24.8 Å². The van der Waals surface area contributed by atoms with Gasteiger partial charge in [-0.05, 0) is 31.2 Å². The van der Waals surface area contributed by atoms with E-state index in [9.17, 15) is 4.79 Å². The maximum absolute atomic E-state index is 12.1. The van der Waals surface area contributed by atoms with Crippen LogP contribution in [0.25, 0.3) is 0 Å². The van der Waals surface area contributed by atoms with Crippen molar-refractivity contribution in [2.45, 2.75) is 18.6 Å². The van der Waals surface area contributed by atoms with E-state index in [4.69, 9.17) is 9.26 Å². The van der Waals surface area contributed by atoms with Crippen LogP contribution in [0, 0.1) is 6.92 Å². The van der Waals surface area contributed by atoms with Gasteiger partial charge in [-0.2, -0.15) is 0 Å². The lowest BCUT2D eigenvalue weighted by Gasteiger charge is -2.15. The van der Waals surface area contributed by atoms with Gasteiger partial charge in [0.05, 0.1) is 12.9 Å². The Morgan fingerprint density at radius 1 is 1.30 bits per heavy atom. The third-order valence-electron chi connectivity index (χ3n) is 4.10. The zero-order valence-corrected chi connectivity index (χ0v) is 15.7. The summed E-state index contributed by atoms with van der Waals surface area (Å²) in [4.78, 5) is 14.2. The molecule has 4 rings (SSSR count). The number of aromatic nitrogens is 4. The molecule has 0 saturated carbocycles. The molecule has 27 heavy (non-hydrogen) atoms. The Hall–Kier alpha value is -3.01. The van der Waals surface area contributed by atoms with Gasteiger partial charge in [-0.15, -0.1) is 10.2 Å². The first-order valence-corrected chi connectivity index (χ1v) is 9.33. The standard InChI is InChI=1S/C17H18N6O3S/c1-11-9-14(21-26-11)18-15(24)10-27-17-20-19-16-22(7-8-23(16)17)12-3-5-13(25-2)6-4-12/h3-6,9H,7-8,10H2,1-2H3,(H,18,21,24). The molecule has 1 aliphatic heterocycles. The first-order valence-electron chi connectivity index (χ1n) is 8.35. The number of fused-ring (bicyclic) bond motifs is 1. The number of rotatable bonds is 6. The highest BCUT2D eigenvalue weighted by Crippen LogP contribution is 2.32. The zero-order valence-electron chi connectivity index (χ0n) is 14.9. The summed E-state index contributed by atoms with van der Waals surface area (Å²) in [6, 6.07) is 9.48. The van der Waals surface area contributed by atoms with E-state index in [1.807, 2.05) is 28.8 Å². The van der Waals surface area contributed by atoms with Crippen molar-refractivity contribution in [1.82, 2.24) is 19.9 Å². The van der Waals surface area contributed by atoms with E-state index in [0.29, 0.717) is 16.7 Å². The van der Waals surface area contributed by atoms with Crippen LogP contribution in [0.1, 0.15) is 5.76 Å². The fourth-order valence-corrected chi connectivity index (χ4v) is 3.58. The van der Waals surface area contributed by atoms with E-state index in [-0.39, 0.29) is 11.7 Å². The number of nitrogens with zero attached hydrogens (tertiary/aromatic N) is 5. The summed E-state index contributed by atoms with van der Waals surface area (Å²) in [5.74, 6) is 2.68. The van der Waals surface area contributed by atoms with Crippen LogP contribution in [0.3, 0.4) is 0 Å². The molecule has 9 nitrogen and oxygen atoms in total. The summed E-state index contributed by atoms with van der Waals surface area (Å²) in [6.07, 6.45) is 0. The van der Waals surface area contributed by atoms with Crippen molar-refractivity contribution in [3.05, 3.63) is 36.1 Å². The number of carbonyl (C=O) groups is 1. The molecule has 0 spiro atoms. The van der Waals surface area contributed by atoms with Gasteiger partial charge >= 0.3 is 0 Å². The number of ether oxygens (including phenoxy) is 1. The van der Waals surface area contributed by atoms with Crippen LogP contribution >= 0.6 is 11.8 Å². The molecule has 0 unspecified atom stereocenters. The number of nitrogens with one attached hydrogen (secondary N) is 1. The monoisotopic (exact) mass is 386 g/mol. The van der Waals surface area contributed by atoms with E-state index in [0.717, 1.165) is 30.5 Å². The molecule has 0 aliphatic carbocycles. The quantitative estimate of drug-likeness (QED) is 0.645. The third-order valence-corrected chi connectivity index (χ3v) is 5.06. The van der Waals surface area contributed by atoms with E-state index >= 15 is 0 Å². The van der Waals surface area contributed by atoms with Crippen LogP contribution < -0.4 is 15.0 Å². The second-order valence-corrected chi connectivity index (χ2v) is 6.89. The number of aryl methyl sites for hydroxylation is 1. The molecular weight excluding hydrogens is 368 g/mol. The lowest BCUT2D eigenvalue weighted by Crippen LogP contribution is -2.15. The van der Waals surface area contributed by atoms with Gasteiger partial charge in [-0.1, -0.05) is 16.9 Å². The molecule has 2 aromatic heterocycles. The summed E-state index contributed by atoms with van der Waals surface area (Å²) in [5.41, 5.74) is 1.03. The van der Waals surface area contributed by atoms with E-state index in [2.05, 4.69) is 25.6 Å². The molecule has 1 amide bonds. The molecule has 10 heteroatoms. The van der Waals surface area contributed by atoms with Crippen LogP contribution in [0.4, 0.5) is 17.5 Å². The largest absolute Gasteiger partial charge is 0.497 e. The number of anilines is 3. The minimum atomic E-state index is -0.171. The summed E-state index contributed by atoms with van der Waals surface area (Å²) >= 11 is 1.34. The molecule has 0 atom stereocenters. The molecule has 1 N–H and O–H groups in total. The average molecular weight is 386 g/mol. The maximum atomic E-state index is 12.1. The Morgan fingerprint density at radius 3 is 2.81 bits per heavy atom. The zero-order chi connectivity index (χ0) is 18.8. The topological polar surface area (TPSA) is 98.3 Å². The minimum Gasteiger partial charge on any atom is -0.497 e. The second kappa shape index (κ2) is 7.31.